The predicted octanol–water partition coefficient (Wildman–Crippen LogP) is 0.802. The van der Waals surface area contributed by atoms with Crippen LogP contribution in [0.1, 0.15) is 29.4 Å². The van der Waals surface area contributed by atoms with Crippen molar-refractivity contribution in [2.24, 2.45) is 0 Å². The van der Waals surface area contributed by atoms with Gasteiger partial charge in [0, 0.05) is 31.1 Å². The molecule has 2 aromatic heterocycles. The smallest absolute Gasteiger partial charge is 0.253 e. The molecule has 3 aromatic rings. The zero-order valence-corrected chi connectivity index (χ0v) is 18.2. The Kier molecular flexibility index (Phi) is 5.83. The molecule has 1 amide bonds. The van der Waals surface area contributed by atoms with Crippen molar-refractivity contribution in [3.63, 3.8) is 0 Å². The molecule has 3 N–H and O–H groups in total. The Labute approximate surface area is 190 Å². The van der Waals surface area contributed by atoms with Crippen molar-refractivity contribution in [1.82, 2.24) is 24.4 Å². The number of carbonyl (C=O) groups excluding carboxylic acids is 1. The van der Waals surface area contributed by atoms with E-state index in [0.29, 0.717) is 47.8 Å². The zero-order chi connectivity index (χ0) is 22.9. The van der Waals surface area contributed by atoms with Crippen LogP contribution in [0, 0.1) is 0 Å². The van der Waals surface area contributed by atoms with E-state index in [0.717, 1.165) is 6.42 Å². The molecule has 0 aliphatic carbocycles. The molecule has 174 valence electrons. The number of nitrogens with zero attached hydrogens (tertiary/aromatic N) is 5. The van der Waals surface area contributed by atoms with Crippen molar-refractivity contribution in [1.29, 1.82) is 0 Å². The van der Waals surface area contributed by atoms with Crippen molar-refractivity contribution < 1.29 is 24.5 Å². The monoisotopic (exact) mass is 454 g/mol. The maximum atomic E-state index is 12.8. The summed E-state index contributed by atoms with van der Waals surface area (Å²) in [4.78, 5) is 27.8. The van der Waals surface area contributed by atoms with Gasteiger partial charge < -0.3 is 29.9 Å². The summed E-state index contributed by atoms with van der Waals surface area (Å²) in [6.45, 7) is 1.02. The fraction of sp³-hybridized carbons (Fsp3) is 0.455. The number of imidazole rings is 1. The topological polar surface area (TPSA) is 135 Å². The Morgan fingerprint density at radius 3 is 2.82 bits per heavy atom. The molecule has 11 nitrogen and oxygen atoms in total. The highest BCUT2D eigenvalue weighted by atomic mass is 16.5. The van der Waals surface area contributed by atoms with E-state index >= 15 is 0 Å². The summed E-state index contributed by atoms with van der Waals surface area (Å²) in [7, 11) is 1.59. The molecule has 0 saturated carbocycles. The van der Waals surface area contributed by atoms with Gasteiger partial charge in [0.25, 0.3) is 5.91 Å². The minimum absolute atomic E-state index is 0.0162. The summed E-state index contributed by atoms with van der Waals surface area (Å²) in [5.41, 5.74) is 1.70. The number of nitrogens with one attached hydrogen (secondary N) is 1. The van der Waals surface area contributed by atoms with Gasteiger partial charge in [0.1, 0.15) is 18.2 Å². The first-order valence-electron chi connectivity index (χ1n) is 10.9. The molecule has 0 spiro atoms. The van der Waals surface area contributed by atoms with Gasteiger partial charge in [-0.15, -0.1) is 0 Å². The Hall–Kier alpha value is -3.28. The standard InChI is InChI=1S/C22H26N6O5/c1-32-15-4-2-13(3-5-15)21(31)27-7-6-14(9-27)26-19-18-20(24-11-23-19)28(12-25-18)22-17(30)8-16(10-29)33-22/h2-5,11-12,14,16-17,22,29-30H,6-10H2,1H3,(H,23,24,26)/t14-,16+,17-,22-/m1/s1. The van der Waals surface area contributed by atoms with Gasteiger partial charge in [-0.3, -0.25) is 9.36 Å². The van der Waals surface area contributed by atoms with E-state index < -0.39 is 18.4 Å². The number of ether oxygens (including phenoxy) is 2. The van der Waals surface area contributed by atoms with E-state index in [1.54, 1.807) is 42.3 Å². The number of likely N-dealkylation sites (tertiary alicyclic amines) is 1. The number of rotatable bonds is 6. The molecule has 1 aromatic carbocycles. The average Bonchev–Trinajstić information content (AvgIpc) is 3.57. The fourth-order valence-corrected chi connectivity index (χ4v) is 4.41. The van der Waals surface area contributed by atoms with E-state index in [-0.39, 0.29) is 18.6 Å². The lowest BCUT2D eigenvalue weighted by atomic mass is 10.2. The van der Waals surface area contributed by atoms with E-state index in [1.165, 1.54) is 6.33 Å². The van der Waals surface area contributed by atoms with Gasteiger partial charge in [-0.05, 0) is 30.7 Å². The molecule has 2 aliphatic heterocycles. The van der Waals surface area contributed by atoms with Gasteiger partial charge >= 0.3 is 0 Å². The van der Waals surface area contributed by atoms with Crippen LogP contribution in [0.25, 0.3) is 11.2 Å². The molecular weight excluding hydrogens is 428 g/mol. The van der Waals surface area contributed by atoms with E-state index in [2.05, 4.69) is 20.3 Å². The van der Waals surface area contributed by atoms with Crippen LogP contribution in [0.4, 0.5) is 5.82 Å². The molecule has 4 heterocycles. The Bertz CT molecular complexity index is 1140. The molecule has 2 saturated heterocycles. The second-order valence-electron chi connectivity index (χ2n) is 8.29. The minimum atomic E-state index is -0.765. The fourth-order valence-electron chi connectivity index (χ4n) is 4.41. The Morgan fingerprint density at radius 1 is 1.27 bits per heavy atom. The predicted molar refractivity (Wildman–Crippen MR) is 118 cm³/mol. The second-order valence-corrected chi connectivity index (χ2v) is 8.29. The van der Waals surface area contributed by atoms with E-state index in [9.17, 15) is 15.0 Å². The number of aromatic nitrogens is 4. The average molecular weight is 454 g/mol. The summed E-state index contributed by atoms with van der Waals surface area (Å²) >= 11 is 0. The summed E-state index contributed by atoms with van der Waals surface area (Å²) in [5, 5.41) is 23.1. The van der Waals surface area contributed by atoms with Crippen LogP contribution in [-0.2, 0) is 4.74 Å². The lowest BCUT2D eigenvalue weighted by Crippen LogP contribution is -2.31. The number of carbonyl (C=O) groups is 1. The number of aliphatic hydroxyl groups is 2. The third kappa shape index (κ3) is 4.10. The van der Waals surface area contributed by atoms with Gasteiger partial charge in [0.05, 0.1) is 26.1 Å². The summed E-state index contributed by atoms with van der Waals surface area (Å²) < 4.78 is 12.6. The Morgan fingerprint density at radius 2 is 2.09 bits per heavy atom. The number of benzene rings is 1. The van der Waals surface area contributed by atoms with Gasteiger partial charge in [-0.2, -0.15) is 0 Å². The number of hydrogen-bond donors (Lipinski definition) is 3. The van der Waals surface area contributed by atoms with Crippen LogP contribution in [0.2, 0.25) is 0 Å². The summed E-state index contributed by atoms with van der Waals surface area (Å²) in [5.74, 6) is 1.25. The van der Waals surface area contributed by atoms with Crippen LogP contribution < -0.4 is 10.1 Å². The molecule has 2 aliphatic rings. The highest BCUT2D eigenvalue weighted by Gasteiger charge is 2.36. The normalized spacial score (nSPS) is 25.0. The summed E-state index contributed by atoms with van der Waals surface area (Å²) in [6.07, 6.45) is 2.26. The largest absolute Gasteiger partial charge is 0.497 e. The number of amides is 1. The summed E-state index contributed by atoms with van der Waals surface area (Å²) in [6, 6.07) is 7.11. The molecule has 0 radical (unpaired) electrons. The molecule has 2 fully saturated rings. The van der Waals surface area contributed by atoms with Crippen molar-refractivity contribution in [2.45, 2.75) is 37.3 Å². The van der Waals surface area contributed by atoms with Crippen LogP contribution in [-0.4, -0.2) is 85.6 Å². The third-order valence-corrected chi connectivity index (χ3v) is 6.16. The molecule has 33 heavy (non-hydrogen) atoms. The molecule has 11 heteroatoms. The molecular formula is C22H26N6O5. The van der Waals surface area contributed by atoms with E-state index in [4.69, 9.17) is 9.47 Å². The van der Waals surface area contributed by atoms with Gasteiger partial charge in [-0.1, -0.05) is 0 Å². The number of methoxy groups -OCH3 is 1. The van der Waals surface area contributed by atoms with Crippen molar-refractivity contribution >= 4 is 22.9 Å². The van der Waals surface area contributed by atoms with Crippen LogP contribution in [0.3, 0.4) is 0 Å². The maximum absolute atomic E-state index is 12.8. The second kappa shape index (κ2) is 8.93. The molecule has 4 atom stereocenters. The van der Waals surface area contributed by atoms with Crippen molar-refractivity contribution in [2.75, 3.05) is 32.1 Å². The first-order valence-corrected chi connectivity index (χ1v) is 10.9. The first kappa shape index (κ1) is 21.6. The molecule has 0 bridgehead atoms. The molecule has 0 unspecified atom stereocenters. The zero-order valence-electron chi connectivity index (χ0n) is 18.2. The SMILES string of the molecule is COc1ccc(C(=O)N2CC[C@@H](Nc3ncnc4c3ncn4[C@@H]3O[C@H](CO)C[C@H]3O)C2)cc1. The van der Waals surface area contributed by atoms with E-state index in [1.807, 2.05) is 4.90 Å². The lowest BCUT2D eigenvalue weighted by molar-refractivity contribution is -0.0486. The molecule has 5 rings (SSSR count). The highest BCUT2D eigenvalue weighted by molar-refractivity contribution is 5.94. The van der Waals surface area contributed by atoms with Gasteiger partial charge in [-0.25, -0.2) is 15.0 Å². The van der Waals surface area contributed by atoms with Crippen molar-refractivity contribution in [3.05, 3.63) is 42.5 Å². The Balaban J connectivity index is 1.29. The number of hydrogen-bond acceptors (Lipinski definition) is 9. The van der Waals surface area contributed by atoms with Crippen LogP contribution in [0.15, 0.2) is 36.9 Å². The number of anilines is 1. The number of aliphatic hydroxyl groups excluding tert-OH is 2. The van der Waals surface area contributed by atoms with Crippen molar-refractivity contribution in [3.8, 4) is 5.75 Å². The van der Waals surface area contributed by atoms with Gasteiger partial charge in [0.2, 0.25) is 0 Å². The minimum Gasteiger partial charge on any atom is -0.497 e. The third-order valence-electron chi connectivity index (χ3n) is 6.16. The van der Waals surface area contributed by atoms with Crippen LogP contribution >= 0.6 is 0 Å². The highest BCUT2D eigenvalue weighted by Crippen LogP contribution is 2.32. The number of fused-ring (bicyclic) bond motifs is 1. The quantitative estimate of drug-likeness (QED) is 0.494. The van der Waals surface area contributed by atoms with Gasteiger partial charge in [0.15, 0.2) is 23.2 Å². The first-order chi connectivity index (χ1) is 16.1. The van der Waals surface area contributed by atoms with Crippen LogP contribution in [0.5, 0.6) is 5.75 Å². The lowest BCUT2D eigenvalue weighted by Gasteiger charge is -2.18. The maximum Gasteiger partial charge on any atom is 0.253 e.